The van der Waals surface area contributed by atoms with Gasteiger partial charge in [-0.25, -0.2) is 4.98 Å². The van der Waals surface area contributed by atoms with Gasteiger partial charge in [-0.2, -0.15) is 0 Å². The molecule has 0 unspecified atom stereocenters. The van der Waals surface area contributed by atoms with Crippen molar-refractivity contribution in [1.29, 1.82) is 0 Å². The van der Waals surface area contributed by atoms with Crippen molar-refractivity contribution in [2.75, 3.05) is 17.6 Å². The van der Waals surface area contributed by atoms with Crippen LogP contribution in [0.5, 0.6) is 0 Å². The molecular formula is C8H11N5O3. The summed E-state index contributed by atoms with van der Waals surface area (Å²) in [6.07, 6.45) is 0.115. The summed E-state index contributed by atoms with van der Waals surface area (Å²) in [6, 6.07) is 2.39. The predicted octanol–water partition coefficient (Wildman–Crippen LogP) is -0.141. The van der Waals surface area contributed by atoms with Gasteiger partial charge in [0.25, 0.3) is 5.69 Å². The van der Waals surface area contributed by atoms with Gasteiger partial charge in [-0.15, -0.1) is 0 Å². The monoisotopic (exact) mass is 225 g/mol. The van der Waals surface area contributed by atoms with Gasteiger partial charge in [0, 0.05) is 13.0 Å². The number of amides is 1. The molecule has 0 aliphatic heterocycles. The van der Waals surface area contributed by atoms with Crippen LogP contribution in [-0.2, 0) is 4.79 Å². The van der Waals surface area contributed by atoms with E-state index in [1.165, 1.54) is 6.07 Å². The van der Waals surface area contributed by atoms with Crippen LogP contribution >= 0.6 is 0 Å². The molecule has 16 heavy (non-hydrogen) atoms. The van der Waals surface area contributed by atoms with E-state index in [4.69, 9.17) is 11.5 Å². The summed E-state index contributed by atoms with van der Waals surface area (Å²) < 4.78 is 0. The van der Waals surface area contributed by atoms with Crippen LogP contribution in [0.25, 0.3) is 0 Å². The maximum absolute atomic E-state index is 10.5. The van der Waals surface area contributed by atoms with E-state index in [1.54, 1.807) is 0 Å². The van der Waals surface area contributed by atoms with Crippen molar-refractivity contribution in [3.05, 3.63) is 22.2 Å². The van der Waals surface area contributed by atoms with Crippen LogP contribution in [0.3, 0.4) is 0 Å². The Hall–Kier alpha value is -2.38. The number of carbonyl (C=O) groups is 1. The van der Waals surface area contributed by atoms with E-state index in [2.05, 4.69) is 10.3 Å². The minimum Gasteiger partial charge on any atom is -0.383 e. The van der Waals surface area contributed by atoms with Crippen molar-refractivity contribution in [3.63, 3.8) is 0 Å². The van der Waals surface area contributed by atoms with Crippen LogP contribution in [0.15, 0.2) is 12.1 Å². The molecule has 0 aromatic carbocycles. The number of hydrogen-bond acceptors (Lipinski definition) is 6. The Kier molecular flexibility index (Phi) is 3.59. The van der Waals surface area contributed by atoms with Crippen molar-refractivity contribution in [1.82, 2.24) is 4.98 Å². The summed E-state index contributed by atoms with van der Waals surface area (Å²) in [4.78, 5) is 24.2. The molecule has 0 radical (unpaired) electrons. The molecule has 1 heterocycles. The van der Waals surface area contributed by atoms with Gasteiger partial charge >= 0.3 is 0 Å². The van der Waals surface area contributed by atoms with Crippen LogP contribution in [0.2, 0.25) is 0 Å². The number of nitrogens with one attached hydrogen (secondary N) is 1. The predicted molar refractivity (Wildman–Crippen MR) is 57.6 cm³/mol. The van der Waals surface area contributed by atoms with E-state index in [-0.39, 0.29) is 30.3 Å². The lowest BCUT2D eigenvalue weighted by atomic mass is 10.3. The molecule has 1 aromatic rings. The number of rotatable bonds is 5. The number of hydrogen-bond donors (Lipinski definition) is 3. The minimum atomic E-state index is -0.572. The van der Waals surface area contributed by atoms with Gasteiger partial charge in [0.05, 0.1) is 17.1 Å². The van der Waals surface area contributed by atoms with E-state index >= 15 is 0 Å². The van der Waals surface area contributed by atoms with Crippen molar-refractivity contribution < 1.29 is 9.72 Å². The zero-order valence-corrected chi connectivity index (χ0v) is 8.34. The first-order chi connectivity index (χ1) is 7.49. The van der Waals surface area contributed by atoms with Gasteiger partial charge in [-0.3, -0.25) is 14.9 Å². The van der Waals surface area contributed by atoms with E-state index in [1.807, 2.05) is 0 Å². The Morgan fingerprint density at radius 2 is 2.25 bits per heavy atom. The lowest BCUT2D eigenvalue weighted by molar-refractivity contribution is -0.384. The van der Waals surface area contributed by atoms with Crippen LogP contribution in [-0.4, -0.2) is 22.4 Å². The molecule has 0 saturated heterocycles. The molecule has 0 aliphatic carbocycles. The summed E-state index contributed by atoms with van der Waals surface area (Å²) in [6.45, 7) is 0.253. The third-order valence-electron chi connectivity index (χ3n) is 1.72. The van der Waals surface area contributed by atoms with E-state index in [9.17, 15) is 14.9 Å². The first-order valence-electron chi connectivity index (χ1n) is 4.43. The molecule has 1 amide bonds. The highest BCUT2D eigenvalue weighted by molar-refractivity contribution is 5.74. The second-order valence-electron chi connectivity index (χ2n) is 3.04. The number of carbonyl (C=O) groups excluding carboxylic acids is 1. The van der Waals surface area contributed by atoms with Crippen molar-refractivity contribution in [2.45, 2.75) is 6.42 Å². The number of pyridine rings is 1. The maximum Gasteiger partial charge on any atom is 0.276 e. The first kappa shape index (κ1) is 11.7. The number of anilines is 2. The summed E-state index contributed by atoms with van der Waals surface area (Å²) in [5, 5.41) is 13.2. The van der Waals surface area contributed by atoms with Crippen LogP contribution in [0, 0.1) is 10.1 Å². The van der Waals surface area contributed by atoms with Crippen molar-refractivity contribution in [2.24, 2.45) is 5.73 Å². The second-order valence-corrected chi connectivity index (χ2v) is 3.04. The Bertz CT molecular complexity index is 420. The number of nitro groups is 1. The lowest BCUT2D eigenvalue weighted by Crippen LogP contribution is -2.16. The van der Waals surface area contributed by atoms with E-state index < -0.39 is 10.8 Å². The van der Waals surface area contributed by atoms with Crippen molar-refractivity contribution in [3.8, 4) is 0 Å². The quantitative estimate of drug-likeness (QED) is 0.471. The molecule has 0 aliphatic rings. The Labute approximate surface area is 90.8 Å². The average molecular weight is 225 g/mol. The Morgan fingerprint density at radius 3 is 2.81 bits per heavy atom. The summed E-state index contributed by atoms with van der Waals surface area (Å²) in [5.41, 5.74) is 10.2. The van der Waals surface area contributed by atoms with Gasteiger partial charge in [0.15, 0.2) is 0 Å². The van der Waals surface area contributed by atoms with Crippen LogP contribution < -0.4 is 16.8 Å². The van der Waals surface area contributed by atoms with E-state index in [0.717, 1.165) is 6.07 Å². The molecule has 86 valence electrons. The SMILES string of the molecule is NC(=O)CCNc1cc([N+](=O)[O-])cc(N)n1. The van der Waals surface area contributed by atoms with Gasteiger partial charge in [0.2, 0.25) is 5.91 Å². The average Bonchev–Trinajstić information content (AvgIpc) is 2.16. The molecule has 0 fully saturated rings. The third kappa shape index (κ3) is 3.40. The summed E-state index contributed by atoms with van der Waals surface area (Å²) in [5.74, 6) is -0.186. The van der Waals surface area contributed by atoms with Gasteiger partial charge < -0.3 is 16.8 Å². The van der Waals surface area contributed by atoms with E-state index in [0.29, 0.717) is 0 Å². The highest BCUT2D eigenvalue weighted by Gasteiger charge is 2.09. The zero-order valence-electron chi connectivity index (χ0n) is 8.34. The second kappa shape index (κ2) is 4.91. The van der Waals surface area contributed by atoms with Crippen molar-refractivity contribution >= 4 is 23.2 Å². The molecule has 1 rings (SSSR count). The topological polar surface area (TPSA) is 137 Å². The fraction of sp³-hybridized carbons (Fsp3) is 0.250. The third-order valence-corrected chi connectivity index (χ3v) is 1.72. The molecule has 0 bridgehead atoms. The first-order valence-corrected chi connectivity index (χ1v) is 4.43. The van der Waals surface area contributed by atoms with Gasteiger partial charge in [-0.1, -0.05) is 0 Å². The Morgan fingerprint density at radius 1 is 1.56 bits per heavy atom. The molecule has 0 spiro atoms. The number of primary amides is 1. The number of nitrogens with zero attached hydrogens (tertiary/aromatic N) is 2. The normalized spacial score (nSPS) is 9.75. The summed E-state index contributed by atoms with van der Waals surface area (Å²) in [7, 11) is 0. The number of aromatic nitrogens is 1. The van der Waals surface area contributed by atoms with Crippen LogP contribution in [0.1, 0.15) is 6.42 Å². The lowest BCUT2D eigenvalue weighted by Gasteiger charge is -2.04. The summed E-state index contributed by atoms with van der Waals surface area (Å²) >= 11 is 0. The van der Waals surface area contributed by atoms with Gasteiger partial charge in [0.1, 0.15) is 11.6 Å². The molecule has 1 aromatic heterocycles. The molecule has 0 saturated carbocycles. The Balaban J connectivity index is 2.72. The molecule has 0 atom stereocenters. The largest absolute Gasteiger partial charge is 0.383 e. The molecule has 5 N–H and O–H groups in total. The highest BCUT2D eigenvalue weighted by atomic mass is 16.6. The standard InChI is InChI=1S/C8H11N5O3/c9-6-3-5(13(15)16)4-8(12-6)11-2-1-7(10)14/h3-4H,1-2H2,(H2,10,14)(H3,9,11,12). The fourth-order valence-corrected chi connectivity index (χ4v) is 1.05. The number of nitrogen functional groups attached to an aromatic ring is 1. The van der Waals surface area contributed by atoms with Crippen LogP contribution in [0.4, 0.5) is 17.3 Å². The molecule has 8 nitrogen and oxygen atoms in total. The molecule has 8 heteroatoms. The maximum atomic E-state index is 10.5. The fourth-order valence-electron chi connectivity index (χ4n) is 1.05. The van der Waals surface area contributed by atoms with Gasteiger partial charge in [-0.05, 0) is 0 Å². The zero-order chi connectivity index (χ0) is 12.1. The highest BCUT2D eigenvalue weighted by Crippen LogP contribution is 2.18. The smallest absolute Gasteiger partial charge is 0.276 e. The molecular weight excluding hydrogens is 214 g/mol. The number of nitrogens with two attached hydrogens (primary N) is 2. The minimum absolute atomic E-state index is 0.0378.